The van der Waals surface area contributed by atoms with Crippen LogP contribution in [0, 0.1) is 0 Å². The molecule has 0 N–H and O–H groups in total. The van der Waals surface area contributed by atoms with E-state index in [2.05, 4.69) is 6.07 Å². The van der Waals surface area contributed by atoms with E-state index in [-0.39, 0.29) is 6.09 Å². The second-order valence-electron chi connectivity index (χ2n) is 6.29. The van der Waals surface area contributed by atoms with E-state index in [0.29, 0.717) is 25.6 Å². The number of nitrogens with zero attached hydrogens (tertiary/aromatic N) is 1. The van der Waals surface area contributed by atoms with Crippen molar-refractivity contribution in [1.82, 2.24) is 4.90 Å². The molecule has 1 amide bonds. The fourth-order valence-corrected chi connectivity index (χ4v) is 4.10. The fourth-order valence-electron chi connectivity index (χ4n) is 3.26. The molecule has 2 aromatic carbocycles. The first-order valence-corrected chi connectivity index (χ1v) is 10.1. The van der Waals surface area contributed by atoms with Gasteiger partial charge in [-0.15, -0.1) is 0 Å². The van der Waals surface area contributed by atoms with Crippen molar-refractivity contribution in [2.75, 3.05) is 19.3 Å². The summed E-state index contributed by atoms with van der Waals surface area (Å²) in [6, 6.07) is 17.6. The molecule has 0 saturated carbocycles. The SMILES string of the molecule is CS(=O)c1ccccc1C1CCN(C(=O)OCc2ccccc2)CC1. The van der Waals surface area contributed by atoms with Gasteiger partial charge in [0.2, 0.25) is 0 Å². The Kier molecular flexibility index (Phi) is 5.87. The Labute approximate surface area is 151 Å². The van der Waals surface area contributed by atoms with Crippen molar-refractivity contribution in [3.05, 3.63) is 65.7 Å². The largest absolute Gasteiger partial charge is 0.445 e. The molecule has 1 fully saturated rings. The highest BCUT2D eigenvalue weighted by Crippen LogP contribution is 2.31. The van der Waals surface area contributed by atoms with E-state index >= 15 is 0 Å². The van der Waals surface area contributed by atoms with E-state index in [1.165, 1.54) is 0 Å². The molecule has 1 aliphatic heterocycles. The van der Waals surface area contributed by atoms with Gasteiger partial charge in [-0.2, -0.15) is 0 Å². The number of piperidine rings is 1. The van der Waals surface area contributed by atoms with Gasteiger partial charge in [-0.3, -0.25) is 4.21 Å². The van der Waals surface area contributed by atoms with Crippen molar-refractivity contribution < 1.29 is 13.7 Å². The highest BCUT2D eigenvalue weighted by Gasteiger charge is 2.26. The van der Waals surface area contributed by atoms with Gasteiger partial charge in [0.15, 0.2) is 0 Å². The molecule has 5 heteroatoms. The van der Waals surface area contributed by atoms with Gasteiger partial charge in [-0.1, -0.05) is 48.5 Å². The normalized spacial score (nSPS) is 16.4. The molecular formula is C20H23NO3S. The molecule has 1 heterocycles. The summed E-state index contributed by atoms with van der Waals surface area (Å²) in [5.74, 6) is 0.346. The number of ether oxygens (including phenoxy) is 1. The summed E-state index contributed by atoms with van der Waals surface area (Å²) < 4.78 is 17.3. The van der Waals surface area contributed by atoms with E-state index in [1.807, 2.05) is 48.5 Å². The molecule has 1 saturated heterocycles. The summed E-state index contributed by atoms with van der Waals surface area (Å²) in [4.78, 5) is 14.9. The van der Waals surface area contributed by atoms with E-state index < -0.39 is 10.8 Å². The lowest BCUT2D eigenvalue weighted by molar-refractivity contribution is 0.0869. The van der Waals surface area contributed by atoms with Crippen LogP contribution in [0.4, 0.5) is 4.79 Å². The van der Waals surface area contributed by atoms with Crippen molar-refractivity contribution in [1.29, 1.82) is 0 Å². The summed E-state index contributed by atoms with van der Waals surface area (Å²) in [5, 5.41) is 0. The zero-order valence-corrected chi connectivity index (χ0v) is 15.2. The Morgan fingerprint density at radius 3 is 2.40 bits per heavy atom. The average molecular weight is 357 g/mol. The van der Waals surface area contributed by atoms with Crippen LogP contribution in [-0.2, 0) is 22.1 Å². The van der Waals surface area contributed by atoms with Gasteiger partial charge in [-0.25, -0.2) is 4.79 Å². The molecule has 2 aromatic rings. The van der Waals surface area contributed by atoms with Gasteiger partial charge >= 0.3 is 6.09 Å². The summed E-state index contributed by atoms with van der Waals surface area (Å²) in [7, 11) is -0.989. The Hall–Kier alpha value is -2.14. The van der Waals surface area contributed by atoms with E-state index in [0.717, 1.165) is 28.9 Å². The molecular weight excluding hydrogens is 334 g/mol. The van der Waals surface area contributed by atoms with E-state index in [1.54, 1.807) is 11.2 Å². The number of carbonyl (C=O) groups is 1. The number of carbonyl (C=O) groups excluding carboxylic acids is 1. The van der Waals surface area contributed by atoms with Crippen LogP contribution in [0.2, 0.25) is 0 Å². The minimum absolute atomic E-state index is 0.255. The van der Waals surface area contributed by atoms with Crippen molar-refractivity contribution >= 4 is 16.9 Å². The average Bonchev–Trinajstić information content (AvgIpc) is 2.67. The van der Waals surface area contributed by atoms with Gasteiger partial charge < -0.3 is 9.64 Å². The van der Waals surface area contributed by atoms with Gasteiger partial charge in [0.1, 0.15) is 6.61 Å². The van der Waals surface area contributed by atoms with E-state index in [9.17, 15) is 9.00 Å². The van der Waals surface area contributed by atoms with Gasteiger partial charge in [-0.05, 0) is 36.0 Å². The number of amides is 1. The lowest BCUT2D eigenvalue weighted by Crippen LogP contribution is -2.38. The first kappa shape index (κ1) is 17.7. The summed E-state index contributed by atoms with van der Waals surface area (Å²) in [6.07, 6.45) is 3.20. The number of rotatable bonds is 4. The molecule has 25 heavy (non-hydrogen) atoms. The smallest absolute Gasteiger partial charge is 0.410 e. The fraction of sp³-hybridized carbons (Fsp3) is 0.350. The van der Waals surface area contributed by atoms with Gasteiger partial charge in [0, 0.05) is 24.2 Å². The lowest BCUT2D eigenvalue weighted by atomic mass is 9.89. The topological polar surface area (TPSA) is 46.6 Å². The van der Waals surface area contributed by atoms with Gasteiger partial charge in [0.05, 0.1) is 10.8 Å². The molecule has 1 aliphatic rings. The molecule has 0 spiro atoms. The highest BCUT2D eigenvalue weighted by atomic mass is 32.2. The Balaban J connectivity index is 1.55. The molecule has 0 aromatic heterocycles. The zero-order chi connectivity index (χ0) is 17.6. The summed E-state index contributed by atoms with van der Waals surface area (Å²) in [5.41, 5.74) is 2.14. The predicted octanol–water partition coefficient (Wildman–Crippen LogP) is 3.94. The van der Waals surface area contributed by atoms with Gasteiger partial charge in [0.25, 0.3) is 0 Å². The van der Waals surface area contributed by atoms with Crippen molar-refractivity contribution in [2.45, 2.75) is 30.3 Å². The number of benzene rings is 2. The molecule has 4 nitrogen and oxygen atoms in total. The minimum atomic E-state index is -0.989. The number of likely N-dealkylation sites (tertiary alicyclic amines) is 1. The molecule has 0 radical (unpaired) electrons. The highest BCUT2D eigenvalue weighted by molar-refractivity contribution is 7.84. The quantitative estimate of drug-likeness (QED) is 0.833. The summed E-state index contributed by atoms with van der Waals surface area (Å²) in [6.45, 7) is 1.64. The predicted molar refractivity (Wildman–Crippen MR) is 98.9 cm³/mol. The second-order valence-corrected chi connectivity index (χ2v) is 7.64. The Bertz CT molecular complexity index is 740. The van der Waals surface area contributed by atoms with Crippen molar-refractivity contribution in [2.24, 2.45) is 0 Å². The first-order chi connectivity index (χ1) is 12.1. The van der Waals surface area contributed by atoms with E-state index in [4.69, 9.17) is 4.74 Å². The molecule has 1 unspecified atom stereocenters. The maximum absolute atomic E-state index is 12.2. The minimum Gasteiger partial charge on any atom is -0.445 e. The monoisotopic (exact) mass is 357 g/mol. The van der Waals surface area contributed by atoms with Crippen molar-refractivity contribution in [3.63, 3.8) is 0 Å². The molecule has 0 bridgehead atoms. The zero-order valence-electron chi connectivity index (χ0n) is 14.4. The third-order valence-corrected chi connectivity index (χ3v) is 5.62. The van der Waals surface area contributed by atoms with Crippen molar-refractivity contribution in [3.8, 4) is 0 Å². The van der Waals surface area contributed by atoms with Crippen LogP contribution in [0.1, 0.15) is 29.9 Å². The Morgan fingerprint density at radius 1 is 1.08 bits per heavy atom. The lowest BCUT2D eigenvalue weighted by Gasteiger charge is -2.32. The van der Waals surface area contributed by atoms with Crippen LogP contribution in [-0.4, -0.2) is 34.5 Å². The Morgan fingerprint density at radius 2 is 1.72 bits per heavy atom. The van der Waals surface area contributed by atoms with Crippen LogP contribution >= 0.6 is 0 Å². The summed E-state index contributed by atoms with van der Waals surface area (Å²) >= 11 is 0. The molecule has 0 aliphatic carbocycles. The van der Waals surface area contributed by atoms with Crippen LogP contribution in [0.15, 0.2) is 59.5 Å². The molecule has 1 atom stereocenters. The number of hydrogen-bond donors (Lipinski definition) is 0. The van der Waals surface area contributed by atoms with Crippen LogP contribution in [0.25, 0.3) is 0 Å². The second kappa shape index (κ2) is 8.30. The maximum atomic E-state index is 12.2. The third-order valence-electron chi connectivity index (χ3n) is 4.63. The van der Waals surface area contributed by atoms with Crippen LogP contribution < -0.4 is 0 Å². The standard InChI is InChI=1S/C20H23NO3S/c1-25(23)19-10-6-5-9-18(19)17-11-13-21(14-12-17)20(22)24-15-16-7-3-2-4-8-16/h2-10,17H,11-15H2,1H3. The van der Waals surface area contributed by atoms with Crippen LogP contribution in [0.5, 0.6) is 0 Å². The number of hydrogen-bond acceptors (Lipinski definition) is 3. The maximum Gasteiger partial charge on any atom is 0.410 e. The first-order valence-electron chi connectivity index (χ1n) is 8.53. The molecule has 132 valence electrons. The van der Waals surface area contributed by atoms with Crippen LogP contribution in [0.3, 0.4) is 0 Å². The third kappa shape index (κ3) is 4.48. The molecule has 3 rings (SSSR count).